The lowest BCUT2D eigenvalue weighted by Gasteiger charge is -2.18. The molecule has 4 nitrogen and oxygen atoms in total. The summed E-state index contributed by atoms with van der Waals surface area (Å²) in [4.78, 5) is 11.0. The molecule has 1 aromatic heterocycles. The summed E-state index contributed by atoms with van der Waals surface area (Å²) in [5.74, 6) is -0.213. The van der Waals surface area contributed by atoms with Gasteiger partial charge in [0.2, 0.25) is 0 Å². The summed E-state index contributed by atoms with van der Waals surface area (Å²) in [7, 11) is 0. The first-order chi connectivity index (χ1) is 10.8. The molecular weight excluding hydrogens is 317 g/mol. The van der Waals surface area contributed by atoms with Crippen molar-refractivity contribution in [1.29, 1.82) is 0 Å². The van der Waals surface area contributed by atoms with Crippen LogP contribution in [0.15, 0.2) is 30.3 Å². The van der Waals surface area contributed by atoms with Crippen LogP contribution in [0.5, 0.6) is 0 Å². The molecule has 0 radical (unpaired) electrons. The third kappa shape index (κ3) is 4.02. The minimum absolute atomic E-state index is 0.110. The van der Waals surface area contributed by atoms with Crippen molar-refractivity contribution in [2.45, 2.75) is 33.0 Å². The lowest BCUT2D eigenvalue weighted by atomic mass is 10.1. The van der Waals surface area contributed by atoms with Crippen LogP contribution in [0, 0.1) is 19.7 Å². The van der Waals surface area contributed by atoms with E-state index in [0.717, 1.165) is 23.1 Å². The maximum absolute atomic E-state index is 13.4. The molecule has 2 atom stereocenters. The first-order valence-corrected chi connectivity index (χ1v) is 8.24. The summed E-state index contributed by atoms with van der Waals surface area (Å²) >= 11 is 0.972. The van der Waals surface area contributed by atoms with Crippen LogP contribution < -0.4 is 0 Å². The number of aryl methyl sites for hydroxylation is 1. The van der Waals surface area contributed by atoms with Gasteiger partial charge < -0.3 is 14.8 Å². The van der Waals surface area contributed by atoms with E-state index < -0.39 is 12.2 Å². The standard InChI is InChI=1S/C17H20FNO3S/c1-10-7-15(17(22)16(21)9-23-12(3)20)11(2)19(10)14-6-4-5-13(18)8-14/h4-8,16-17,21-22H,9H2,1-3H3. The van der Waals surface area contributed by atoms with Crippen LogP contribution in [-0.4, -0.2) is 31.8 Å². The van der Waals surface area contributed by atoms with Crippen molar-refractivity contribution in [2.24, 2.45) is 0 Å². The molecule has 2 unspecified atom stereocenters. The molecule has 1 heterocycles. The molecule has 1 aromatic carbocycles. The van der Waals surface area contributed by atoms with Crippen molar-refractivity contribution in [3.63, 3.8) is 0 Å². The van der Waals surface area contributed by atoms with Gasteiger partial charge in [-0.1, -0.05) is 17.8 Å². The molecule has 0 amide bonds. The summed E-state index contributed by atoms with van der Waals surface area (Å²) in [6.45, 7) is 5.08. The highest BCUT2D eigenvalue weighted by molar-refractivity contribution is 8.13. The Morgan fingerprint density at radius 3 is 2.61 bits per heavy atom. The smallest absolute Gasteiger partial charge is 0.185 e. The van der Waals surface area contributed by atoms with Crippen LogP contribution in [-0.2, 0) is 4.79 Å². The average molecular weight is 337 g/mol. The van der Waals surface area contributed by atoms with Crippen molar-refractivity contribution in [3.05, 3.63) is 53.1 Å². The van der Waals surface area contributed by atoms with Crippen LogP contribution in [0.1, 0.15) is 30.0 Å². The Labute approximate surface area is 139 Å². The Hall–Kier alpha value is -1.63. The number of hydrogen-bond donors (Lipinski definition) is 2. The van der Waals surface area contributed by atoms with Gasteiger partial charge in [0, 0.05) is 35.3 Å². The average Bonchev–Trinajstić information content (AvgIpc) is 2.78. The van der Waals surface area contributed by atoms with Crippen LogP contribution in [0.2, 0.25) is 0 Å². The van der Waals surface area contributed by atoms with E-state index in [1.54, 1.807) is 25.1 Å². The summed E-state index contributed by atoms with van der Waals surface area (Å²) in [6.07, 6.45) is -2.15. The minimum atomic E-state index is -1.10. The lowest BCUT2D eigenvalue weighted by molar-refractivity contribution is -0.109. The number of benzene rings is 1. The molecule has 0 fully saturated rings. The van der Waals surface area contributed by atoms with E-state index in [2.05, 4.69) is 0 Å². The predicted molar refractivity (Wildman–Crippen MR) is 89.3 cm³/mol. The Morgan fingerprint density at radius 2 is 2.00 bits per heavy atom. The normalized spacial score (nSPS) is 13.8. The zero-order chi connectivity index (χ0) is 17.1. The Morgan fingerprint density at radius 1 is 1.30 bits per heavy atom. The van der Waals surface area contributed by atoms with Crippen LogP contribution in [0.25, 0.3) is 5.69 Å². The highest BCUT2D eigenvalue weighted by Crippen LogP contribution is 2.28. The van der Waals surface area contributed by atoms with Gasteiger partial charge in [0.1, 0.15) is 11.9 Å². The molecule has 124 valence electrons. The molecule has 0 aliphatic carbocycles. The number of aliphatic hydroxyl groups is 2. The third-order valence-electron chi connectivity index (χ3n) is 3.68. The SMILES string of the molecule is CC(=O)SCC(O)C(O)c1cc(C)n(-c2cccc(F)c2)c1C. The fourth-order valence-electron chi connectivity index (χ4n) is 2.60. The van der Waals surface area contributed by atoms with Crippen molar-refractivity contribution < 1.29 is 19.4 Å². The quantitative estimate of drug-likeness (QED) is 0.881. The third-order valence-corrected chi connectivity index (χ3v) is 4.59. The number of carbonyl (C=O) groups excluding carboxylic acids is 1. The Balaban J connectivity index is 2.32. The molecule has 2 aromatic rings. The molecule has 0 spiro atoms. The van der Waals surface area contributed by atoms with Gasteiger partial charge in [-0.25, -0.2) is 4.39 Å². The van der Waals surface area contributed by atoms with Gasteiger partial charge in [-0.2, -0.15) is 0 Å². The molecule has 6 heteroatoms. The molecule has 23 heavy (non-hydrogen) atoms. The largest absolute Gasteiger partial charge is 0.389 e. The molecule has 0 bridgehead atoms. The number of hydrogen-bond acceptors (Lipinski definition) is 4. The minimum Gasteiger partial charge on any atom is -0.389 e. The van der Waals surface area contributed by atoms with Crippen molar-refractivity contribution >= 4 is 16.9 Å². The van der Waals surface area contributed by atoms with E-state index in [-0.39, 0.29) is 16.7 Å². The second kappa shape index (κ2) is 7.29. The number of carbonyl (C=O) groups is 1. The van der Waals surface area contributed by atoms with Gasteiger partial charge >= 0.3 is 0 Å². The van der Waals surface area contributed by atoms with E-state index in [4.69, 9.17) is 0 Å². The molecule has 0 saturated heterocycles. The van der Waals surface area contributed by atoms with Gasteiger partial charge in [-0.05, 0) is 38.1 Å². The maximum Gasteiger partial charge on any atom is 0.185 e. The Bertz CT molecular complexity index is 714. The number of aliphatic hydroxyl groups excluding tert-OH is 2. The molecule has 2 N–H and O–H groups in total. The van der Waals surface area contributed by atoms with Crippen molar-refractivity contribution in [3.8, 4) is 5.69 Å². The molecule has 0 aliphatic rings. The number of thioether (sulfide) groups is 1. The van der Waals surface area contributed by atoms with Gasteiger partial charge in [0.25, 0.3) is 0 Å². The zero-order valence-corrected chi connectivity index (χ0v) is 14.1. The Kier molecular flexibility index (Phi) is 5.62. The van der Waals surface area contributed by atoms with Gasteiger partial charge in [0.15, 0.2) is 5.12 Å². The maximum atomic E-state index is 13.4. The summed E-state index contributed by atoms with van der Waals surface area (Å²) < 4.78 is 15.3. The topological polar surface area (TPSA) is 62.5 Å². The van der Waals surface area contributed by atoms with Gasteiger partial charge in [-0.3, -0.25) is 4.79 Å². The first-order valence-electron chi connectivity index (χ1n) is 7.25. The molecule has 2 rings (SSSR count). The van der Waals surface area contributed by atoms with Gasteiger partial charge in [0.05, 0.1) is 6.10 Å². The van der Waals surface area contributed by atoms with E-state index in [1.165, 1.54) is 19.1 Å². The first kappa shape index (κ1) is 17.7. The summed E-state index contributed by atoms with van der Waals surface area (Å²) in [6, 6.07) is 7.96. The van der Waals surface area contributed by atoms with E-state index >= 15 is 0 Å². The fraction of sp³-hybridized carbons (Fsp3) is 0.353. The van der Waals surface area contributed by atoms with Crippen LogP contribution in [0.3, 0.4) is 0 Å². The lowest BCUT2D eigenvalue weighted by Crippen LogP contribution is -2.21. The molecule has 0 saturated carbocycles. The van der Waals surface area contributed by atoms with Crippen LogP contribution >= 0.6 is 11.8 Å². The van der Waals surface area contributed by atoms with Crippen molar-refractivity contribution in [2.75, 3.05) is 5.75 Å². The predicted octanol–water partition coefficient (Wildman–Crippen LogP) is 2.91. The number of nitrogens with zero attached hydrogens (tertiary/aromatic N) is 1. The van der Waals surface area contributed by atoms with Gasteiger partial charge in [-0.15, -0.1) is 0 Å². The van der Waals surface area contributed by atoms with E-state index in [9.17, 15) is 19.4 Å². The monoisotopic (exact) mass is 337 g/mol. The highest BCUT2D eigenvalue weighted by atomic mass is 32.2. The summed E-state index contributed by atoms with van der Waals surface area (Å²) in [5.41, 5.74) is 2.79. The second-order valence-corrected chi connectivity index (χ2v) is 6.65. The second-order valence-electron chi connectivity index (χ2n) is 5.46. The van der Waals surface area contributed by atoms with E-state index in [1.807, 2.05) is 11.5 Å². The zero-order valence-electron chi connectivity index (χ0n) is 13.3. The van der Waals surface area contributed by atoms with Crippen molar-refractivity contribution in [1.82, 2.24) is 4.57 Å². The van der Waals surface area contributed by atoms with E-state index in [0.29, 0.717) is 11.3 Å². The molecular formula is C17H20FNO3S. The fourth-order valence-corrected chi connectivity index (χ4v) is 3.19. The number of halogens is 1. The molecule has 0 aliphatic heterocycles. The summed E-state index contributed by atoms with van der Waals surface area (Å²) in [5, 5.41) is 20.3. The highest BCUT2D eigenvalue weighted by Gasteiger charge is 2.24. The number of rotatable bonds is 5. The number of aromatic nitrogens is 1. The van der Waals surface area contributed by atoms with Crippen LogP contribution in [0.4, 0.5) is 4.39 Å².